The number of hydrogen-bond acceptors (Lipinski definition) is 5. The van der Waals surface area contributed by atoms with Crippen LogP contribution in [-0.2, 0) is 0 Å². The van der Waals surface area contributed by atoms with E-state index in [0.29, 0.717) is 19.0 Å². The van der Waals surface area contributed by atoms with E-state index in [1.165, 1.54) is 0 Å². The van der Waals surface area contributed by atoms with Crippen LogP contribution < -0.4 is 15.4 Å². The molecule has 0 aromatic carbocycles. The summed E-state index contributed by atoms with van der Waals surface area (Å²) < 4.78 is 5.51. The van der Waals surface area contributed by atoms with Crippen LogP contribution in [0.3, 0.4) is 0 Å². The number of aromatic nitrogens is 2. The van der Waals surface area contributed by atoms with E-state index in [1.54, 1.807) is 0 Å². The Bertz CT molecular complexity index is 420. The first-order valence-electron chi connectivity index (χ1n) is 7.35. The van der Waals surface area contributed by atoms with Gasteiger partial charge in [0.05, 0.1) is 6.61 Å². The summed E-state index contributed by atoms with van der Waals surface area (Å²) in [6, 6.07) is 1.92. The van der Waals surface area contributed by atoms with Crippen LogP contribution in [-0.4, -0.2) is 36.2 Å². The standard InChI is InChI=1S/C15H28N4O/c1-6-8-19(11-15(4,5)10-16)13-9-14(20-7-2)18-12(3)17-13/h9H,6-8,10-11,16H2,1-5H3. The van der Waals surface area contributed by atoms with Gasteiger partial charge in [-0.25, -0.2) is 4.98 Å². The molecule has 0 amide bonds. The van der Waals surface area contributed by atoms with Crippen molar-refractivity contribution >= 4 is 5.82 Å². The van der Waals surface area contributed by atoms with Crippen molar-refractivity contribution in [1.82, 2.24) is 9.97 Å². The molecule has 5 heteroatoms. The van der Waals surface area contributed by atoms with Crippen LogP contribution in [0.5, 0.6) is 5.88 Å². The van der Waals surface area contributed by atoms with Gasteiger partial charge in [0.2, 0.25) is 5.88 Å². The van der Waals surface area contributed by atoms with Crippen LogP contribution in [0.2, 0.25) is 0 Å². The third-order valence-corrected chi connectivity index (χ3v) is 3.08. The highest BCUT2D eigenvalue weighted by atomic mass is 16.5. The van der Waals surface area contributed by atoms with Gasteiger partial charge in [-0.2, -0.15) is 4.98 Å². The fraction of sp³-hybridized carbons (Fsp3) is 0.733. The average Bonchev–Trinajstić information content (AvgIpc) is 2.38. The number of nitrogens with two attached hydrogens (primary N) is 1. The van der Waals surface area contributed by atoms with Crippen LogP contribution >= 0.6 is 0 Å². The number of ether oxygens (including phenoxy) is 1. The minimum absolute atomic E-state index is 0.0554. The molecule has 0 aliphatic heterocycles. The fourth-order valence-corrected chi connectivity index (χ4v) is 2.03. The Labute approximate surface area is 122 Å². The van der Waals surface area contributed by atoms with Gasteiger partial charge in [0.25, 0.3) is 0 Å². The van der Waals surface area contributed by atoms with Crippen LogP contribution in [0.15, 0.2) is 6.07 Å². The molecule has 0 fully saturated rings. The van der Waals surface area contributed by atoms with E-state index in [-0.39, 0.29) is 5.41 Å². The number of aryl methyl sites for hydroxylation is 1. The molecule has 0 radical (unpaired) electrons. The van der Waals surface area contributed by atoms with E-state index in [9.17, 15) is 0 Å². The number of nitrogens with zero attached hydrogens (tertiary/aromatic N) is 3. The third-order valence-electron chi connectivity index (χ3n) is 3.08. The monoisotopic (exact) mass is 280 g/mol. The summed E-state index contributed by atoms with van der Waals surface area (Å²) in [6.45, 7) is 13.4. The van der Waals surface area contributed by atoms with Crippen molar-refractivity contribution in [3.63, 3.8) is 0 Å². The van der Waals surface area contributed by atoms with Crippen LogP contribution in [0.1, 0.15) is 39.9 Å². The zero-order chi connectivity index (χ0) is 15.2. The highest BCUT2D eigenvalue weighted by Gasteiger charge is 2.21. The van der Waals surface area contributed by atoms with Gasteiger partial charge in [0.1, 0.15) is 11.6 Å². The first kappa shape index (κ1) is 16.7. The molecule has 114 valence electrons. The smallest absolute Gasteiger partial charge is 0.218 e. The average molecular weight is 280 g/mol. The highest BCUT2D eigenvalue weighted by molar-refractivity contribution is 5.42. The van der Waals surface area contributed by atoms with Crippen molar-refractivity contribution in [3.8, 4) is 5.88 Å². The van der Waals surface area contributed by atoms with Crippen LogP contribution in [0.25, 0.3) is 0 Å². The zero-order valence-corrected chi connectivity index (χ0v) is 13.4. The Morgan fingerprint density at radius 2 is 2.00 bits per heavy atom. The second-order valence-electron chi connectivity index (χ2n) is 5.83. The summed E-state index contributed by atoms with van der Waals surface area (Å²) >= 11 is 0. The lowest BCUT2D eigenvalue weighted by atomic mass is 9.93. The normalized spacial score (nSPS) is 11.5. The summed E-state index contributed by atoms with van der Waals surface area (Å²) in [4.78, 5) is 11.1. The second-order valence-corrected chi connectivity index (χ2v) is 5.83. The maximum atomic E-state index is 5.85. The van der Waals surface area contributed by atoms with E-state index >= 15 is 0 Å². The maximum absolute atomic E-state index is 5.85. The topological polar surface area (TPSA) is 64.3 Å². The summed E-state index contributed by atoms with van der Waals surface area (Å²) in [6.07, 6.45) is 1.06. The van der Waals surface area contributed by atoms with E-state index in [2.05, 4.69) is 35.6 Å². The van der Waals surface area contributed by atoms with Gasteiger partial charge >= 0.3 is 0 Å². The molecule has 1 aromatic rings. The lowest BCUT2D eigenvalue weighted by Crippen LogP contribution is -2.39. The van der Waals surface area contributed by atoms with Gasteiger partial charge in [0, 0.05) is 19.2 Å². The molecule has 0 aliphatic rings. The summed E-state index contributed by atoms with van der Waals surface area (Å²) in [5.41, 5.74) is 5.91. The maximum Gasteiger partial charge on any atom is 0.218 e. The van der Waals surface area contributed by atoms with Crippen molar-refractivity contribution in [1.29, 1.82) is 0 Å². The summed E-state index contributed by atoms with van der Waals surface area (Å²) in [7, 11) is 0. The predicted molar refractivity (Wildman–Crippen MR) is 83.3 cm³/mol. The molecule has 1 rings (SSSR count). The molecule has 0 unspecified atom stereocenters. The molecule has 0 aliphatic carbocycles. The van der Waals surface area contributed by atoms with Gasteiger partial charge in [-0.15, -0.1) is 0 Å². The number of rotatable bonds is 8. The SMILES string of the molecule is CCCN(CC(C)(C)CN)c1cc(OCC)nc(C)n1. The van der Waals surface area contributed by atoms with Crippen molar-refractivity contribution in [2.24, 2.45) is 11.1 Å². The zero-order valence-electron chi connectivity index (χ0n) is 13.4. The molecule has 20 heavy (non-hydrogen) atoms. The molecule has 2 N–H and O–H groups in total. The Hall–Kier alpha value is -1.36. The number of anilines is 1. The van der Waals surface area contributed by atoms with E-state index in [0.717, 1.165) is 31.2 Å². The van der Waals surface area contributed by atoms with Gasteiger partial charge < -0.3 is 15.4 Å². The Balaban J connectivity index is 3.01. The lowest BCUT2D eigenvalue weighted by Gasteiger charge is -2.32. The minimum Gasteiger partial charge on any atom is -0.478 e. The van der Waals surface area contributed by atoms with Crippen LogP contribution in [0, 0.1) is 12.3 Å². The van der Waals surface area contributed by atoms with Gasteiger partial charge in [-0.3, -0.25) is 0 Å². The second kappa shape index (κ2) is 7.43. The number of hydrogen-bond donors (Lipinski definition) is 1. The summed E-state index contributed by atoms with van der Waals surface area (Å²) in [5.74, 6) is 2.29. The molecule has 0 saturated heterocycles. The predicted octanol–water partition coefficient (Wildman–Crippen LogP) is 2.39. The minimum atomic E-state index is 0.0554. The summed E-state index contributed by atoms with van der Waals surface area (Å²) in [5, 5.41) is 0. The van der Waals surface area contributed by atoms with Gasteiger partial charge in [-0.1, -0.05) is 20.8 Å². The molecule has 0 spiro atoms. The molecule has 0 bridgehead atoms. The highest BCUT2D eigenvalue weighted by Crippen LogP contribution is 2.23. The van der Waals surface area contributed by atoms with Crippen molar-refractivity contribution in [3.05, 3.63) is 11.9 Å². The van der Waals surface area contributed by atoms with Crippen molar-refractivity contribution in [2.45, 2.75) is 41.0 Å². The molecule has 0 saturated carbocycles. The quantitative estimate of drug-likeness (QED) is 0.792. The largest absolute Gasteiger partial charge is 0.478 e. The van der Waals surface area contributed by atoms with E-state index in [4.69, 9.17) is 10.5 Å². The first-order valence-corrected chi connectivity index (χ1v) is 7.35. The lowest BCUT2D eigenvalue weighted by molar-refractivity contribution is 0.324. The van der Waals surface area contributed by atoms with Gasteiger partial charge in [-0.05, 0) is 32.2 Å². The van der Waals surface area contributed by atoms with E-state index < -0.39 is 0 Å². The molecular formula is C15H28N4O. The Morgan fingerprint density at radius 1 is 1.30 bits per heavy atom. The van der Waals surface area contributed by atoms with Crippen molar-refractivity contribution < 1.29 is 4.74 Å². The van der Waals surface area contributed by atoms with Gasteiger partial charge in [0.15, 0.2) is 0 Å². The molecule has 1 heterocycles. The first-order chi connectivity index (χ1) is 9.41. The Kier molecular flexibility index (Phi) is 6.20. The van der Waals surface area contributed by atoms with Crippen molar-refractivity contribution in [2.75, 3.05) is 31.1 Å². The van der Waals surface area contributed by atoms with Crippen LogP contribution in [0.4, 0.5) is 5.82 Å². The Morgan fingerprint density at radius 3 is 2.55 bits per heavy atom. The third kappa shape index (κ3) is 4.96. The molecule has 1 aromatic heterocycles. The fourth-order valence-electron chi connectivity index (χ4n) is 2.03. The molecule has 0 atom stereocenters. The molecular weight excluding hydrogens is 252 g/mol. The molecule has 5 nitrogen and oxygen atoms in total. The van der Waals surface area contributed by atoms with E-state index in [1.807, 2.05) is 19.9 Å².